The molecule has 1 rings (SSSR count). The van der Waals surface area contributed by atoms with Crippen LogP contribution in [0, 0.1) is 0 Å². The van der Waals surface area contributed by atoms with E-state index in [1.807, 2.05) is 30.3 Å². The summed E-state index contributed by atoms with van der Waals surface area (Å²) in [6.07, 6.45) is 2.55. The Bertz CT molecular complexity index is 440. The largest absolute Gasteiger partial charge is 0.480 e. The first-order valence-electron chi connectivity index (χ1n) is 7.09. The quantitative estimate of drug-likeness (QED) is 0.429. The van der Waals surface area contributed by atoms with Crippen molar-refractivity contribution in [2.24, 2.45) is 17.2 Å². The van der Waals surface area contributed by atoms with Gasteiger partial charge in [0.1, 0.15) is 12.1 Å². The predicted molar refractivity (Wildman–Crippen MR) is 84.3 cm³/mol. The minimum Gasteiger partial charge on any atom is -0.480 e. The van der Waals surface area contributed by atoms with Gasteiger partial charge in [-0.05, 0) is 31.4 Å². The van der Waals surface area contributed by atoms with Crippen LogP contribution in [-0.4, -0.2) is 40.8 Å². The molecule has 0 radical (unpaired) electrons. The van der Waals surface area contributed by atoms with Crippen molar-refractivity contribution in [3.63, 3.8) is 0 Å². The van der Waals surface area contributed by atoms with Gasteiger partial charge in [-0.15, -0.1) is 0 Å². The fourth-order valence-corrected chi connectivity index (χ4v) is 1.59. The van der Waals surface area contributed by atoms with Crippen molar-refractivity contribution >= 4 is 11.9 Å². The molecule has 0 aromatic heterocycles. The van der Waals surface area contributed by atoms with E-state index in [1.165, 1.54) is 0 Å². The summed E-state index contributed by atoms with van der Waals surface area (Å²) in [6, 6.07) is 7.83. The fraction of sp³-hybridized carbons (Fsp3) is 0.467. The Kier molecular flexibility index (Phi) is 10.6. The molecule has 1 aromatic carbocycles. The van der Waals surface area contributed by atoms with Crippen molar-refractivity contribution in [3.05, 3.63) is 35.9 Å². The zero-order valence-electron chi connectivity index (χ0n) is 12.5. The second-order valence-corrected chi connectivity index (χ2v) is 4.86. The number of aliphatic carboxylic acids is 2. The van der Waals surface area contributed by atoms with Crippen LogP contribution in [0.15, 0.2) is 30.3 Å². The number of rotatable bonds is 8. The molecule has 0 bridgehead atoms. The van der Waals surface area contributed by atoms with Gasteiger partial charge in [0.05, 0.1) is 0 Å². The lowest BCUT2D eigenvalue weighted by atomic mass is 10.1. The van der Waals surface area contributed by atoms with Crippen LogP contribution in [0.5, 0.6) is 0 Å². The van der Waals surface area contributed by atoms with E-state index in [4.69, 9.17) is 27.4 Å². The molecule has 7 heteroatoms. The molecular weight excluding hydrogens is 286 g/mol. The van der Waals surface area contributed by atoms with E-state index in [0.29, 0.717) is 19.4 Å². The minimum absolute atomic E-state index is 0.385. The van der Waals surface area contributed by atoms with Crippen LogP contribution in [0.4, 0.5) is 0 Å². The van der Waals surface area contributed by atoms with Crippen LogP contribution in [0.1, 0.15) is 24.8 Å². The van der Waals surface area contributed by atoms with E-state index in [2.05, 4.69) is 0 Å². The van der Waals surface area contributed by atoms with Crippen LogP contribution in [0.2, 0.25) is 0 Å². The first kappa shape index (κ1) is 20.0. The Morgan fingerprint density at radius 3 is 1.95 bits per heavy atom. The molecule has 0 saturated carbocycles. The Hall–Kier alpha value is -1.96. The SMILES string of the molecule is NCCCCC(N)C(=O)O.N[C@@H](Cc1ccccc1)C(=O)O. The van der Waals surface area contributed by atoms with Crippen LogP contribution < -0.4 is 17.2 Å². The van der Waals surface area contributed by atoms with Crippen molar-refractivity contribution in [2.45, 2.75) is 37.8 Å². The van der Waals surface area contributed by atoms with Crippen molar-refractivity contribution in [1.82, 2.24) is 0 Å². The molecule has 0 spiro atoms. The second-order valence-electron chi connectivity index (χ2n) is 4.86. The van der Waals surface area contributed by atoms with Gasteiger partial charge in [-0.1, -0.05) is 36.8 Å². The molecule has 22 heavy (non-hydrogen) atoms. The Balaban J connectivity index is 0.000000409. The van der Waals surface area contributed by atoms with Gasteiger partial charge in [-0.2, -0.15) is 0 Å². The van der Waals surface area contributed by atoms with E-state index in [1.54, 1.807) is 0 Å². The second kappa shape index (κ2) is 11.7. The summed E-state index contributed by atoms with van der Waals surface area (Å²) in [6.45, 7) is 0.604. The van der Waals surface area contributed by atoms with Gasteiger partial charge in [-0.3, -0.25) is 9.59 Å². The maximum atomic E-state index is 10.4. The van der Waals surface area contributed by atoms with Gasteiger partial charge in [0.25, 0.3) is 0 Å². The number of unbranched alkanes of at least 4 members (excludes halogenated alkanes) is 1. The molecule has 7 nitrogen and oxygen atoms in total. The van der Waals surface area contributed by atoms with E-state index >= 15 is 0 Å². The summed E-state index contributed by atoms with van der Waals surface area (Å²) < 4.78 is 0. The third kappa shape index (κ3) is 9.87. The van der Waals surface area contributed by atoms with Crippen molar-refractivity contribution in [3.8, 4) is 0 Å². The molecule has 0 fully saturated rings. The first-order valence-corrected chi connectivity index (χ1v) is 7.09. The normalized spacial score (nSPS) is 12.7. The number of nitrogens with two attached hydrogens (primary N) is 3. The topological polar surface area (TPSA) is 153 Å². The number of benzene rings is 1. The summed E-state index contributed by atoms with van der Waals surface area (Å²) in [5, 5.41) is 16.8. The molecule has 0 saturated heterocycles. The Labute approximate surface area is 130 Å². The molecule has 124 valence electrons. The van der Waals surface area contributed by atoms with E-state index in [0.717, 1.165) is 18.4 Å². The minimum atomic E-state index is -0.959. The Morgan fingerprint density at radius 2 is 1.50 bits per heavy atom. The van der Waals surface area contributed by atoms with Crippen molar-refractivity contribution < 1.29 is 19.8 Å². The molecular formula is C15H25N3O4. The summed E-state index contributed by atoms with van der Waals surface area (Å²) >= 11 is 0. The van der Waals surface area contributed by atoms with Crippen LogP contribution in [0.3, 0.4) is 0 Å². The van der Waals surface area contributed by atoms with Crippen LogP contribution in [0.25, 0.3) is 0 Å². The average molecular weight is 311 g/mol. The van der Waals surface area contributed by atoms with Crippen LogP contribution >= 0.6 is 0 Å². The smallest absolute Gasteiger partial charge is 0.320 e. The number of hydrogen-bond donors (Lipinski definition) is 5. The standard InChI is InChI=1S/C9H11NO2.C6H14N2O2/c10-8(9(11)12)6-7-4-2-1-3-5-7;7-4-2-1-3-5(8)6(9)10/h1-5,8H,6,10H2,(H,11,12);5H,1-4,7-8H2,(H,9,10)/t8-;/m0./s1. The van der Waals surface area contributed by atoms with Gasteiger partial charge in [0.2, 0.25) is 0 Å². The third-order valence-corrected chi connectivity index (χ3v) is 2.90. The molecule has 0 aliphatic carbocycles. The molecule has 1 aromatic rings. The third-order valence-electron chi connectivity index (χ3n) is 2.90. The fourth-order valence-electron chi connectivity index (χ4n) is 1.59. The molecule has 8 N–H and O–H groups in total. The maximum absolute atomic E-state index is 10.4. The Morgan fingerprint density at radius 1 is 0.955 bits per heavy atom. The number of carboxylic acid groups (broad SMARTS) is 2. The molecule has 2 atom stereocenters. The highest BCUT2D eigenvalue weighted by atomic mass is 16.4. The zero-order valence-corrected chi connectivity index (χ0v) is 12.5. The molecule has 0 heterocycles. The summed E-state index contributed by atoms with van der Waals surface area (Å²) in [4.78, 5) is 20.5. The summed E-state index contributed by atoms with van der Waals surface area (Å²) in [5.41, 5.74) is 16.7. The summed E-state index contributed by atoms with van der Waals surface area (Å²) in [7, 11) is 0. The van der Waals surface area contributed by atoms with E-state index < -0.39 is 24.0 Å². The van der Waals surface area contributed by atoms with Crippen molar-refractivity contribution in [1.29, 1.82) is 0 Å². The van der Waals surface area contributed by atoms with Gasteiger partial charge >= 0.3 is 11.9 Å². The van der Waals surface area contributed by atoms with E-state index in [9.17, 15) is 9.59 Å². The highest BCUT2D eigenvalue weighted by Gasteiger charge is 2.11. The molecule has 0 aliphatic rings. The summed E-state index contributed by atoms with van der Waals surface area (Å²) in [5.74, 6) is -1.89. The van der Waals surface area contributed by atoms with Gasteiger partial charge < -0.3 is 27.4 Å². The van der Waals surface area contributed by atoms with Crippen molar-refractivity contribution in [2.75, 3.05) is 6.54 Å². The van der Waals surface area contributed by atoms with Crippen LogP contribution in [-0.2, 0) is 16.0 Å². The lowest BCUT2D eigenvalue weighted by Gasteiger charge is -2.04. The average Bonchev–Trinajstić information content (AvgIpc) is 2.48. The van der Waals surface area contributed by atoms with Gasteiger partial charge in [0.15, 0.2) is 0 Å². The highest BCUT2D eigenvalue weighted by molar-refractivity contribution is 5.73. The number of carboxylic acids is 2. The van der Waals surface area contributed by atoms with Gasteiger partial charge in [0, 0.05) is 0 Å². The number of carbonyl (C=O) groups is 2. The molecule has 0 amide bonds. The maximum Gasteiger partial charge on any atom is 0.320 e. The molecule has 0 aliphatic heterocycles. The highest BCUT2D eigenvalue weighted by Crippen LogP contribution is 2.01. The lowest BCUT2D eigenvalue weighted by molar-refractivity contribution is -0.139. The van der Waals surface area contributed by atoms with Gasteiger partial charge in [-0.25, -0.2) is 0 Å². The molecule has 1 unspecified atom stereocenters. The lowest BCUT2D eigenvalue weighted by Crippen LogP contribution is -2.32. The predicted octanol–water partition coefficient (Wildman–Crippen LogP) is 0.168. The number of hydrogen-bond acceptors (Lipinski definition) is 5. The van der Waals surface area contributed by atoms with E-state index in [-0.39, 0.29) is 0 Å². The first-order chi connectivity index (χ1) is 10.4. The monoisotopic (exact) mass is 311 g/mol. The zero-order chi connectivity index (χ0) is 17.0.